The summed E-state index contributed by atoms with van der Waals surface area (Å²) in [6.45, 7) is 0.619. The van der Waals surface area contributed by atoms with E-state index in [1.807, 2.05) is 0 Å². The van der Waals surface area contributed by atoms with Crippen LogP contribution in [0, 0.1) is 0 Å². The molecule has 2 N–H and O–H groups in total. The van der Waals surface area contributed by atoms with Gasteiger partial charge in [0.25, 0.3) is 10.0 Å². The third kappa shape index (κ3) is 3.08. The molecule has 1 atom stereocenters. The van der Waals surface area contributed by atoms with Gasteiger partial charge in [-0.1, -0.05) is 0 Å². The molecule has 2 heterocycles. The molecule has 1 aromatic rings. The van der Waals surface area contributed by atoms with Crippen molar-refractivity contribution in [2.45, 2.75) is 17.6 Å². The van der Waals surface area contributed by atoms with Gasteiger partial charge in [-0.05, 0) is 6.42 Å². The molecule has 0 aromatic carbocycles. The Hall–Kier alpha value is -1.09. The van der Waals surface area contributed by atoms with Gasteiger partial charge in [0.2, 0.25) is 5.09 Å². The van der Waals surface area contributed by atoms with Gasteiger partial charge < -0.3 is 14.9 Å². The van der Waals surface area contributed by atoms with Crippen molar-refractivity contribution in [2.24, 2.45) is 5.73 Å². The Bertz CT molecular complexity index is 556. The van der Waals surface area contributed by atoms with Crippen LogP contribution in [0.5, 0.6) is 0 Å². The van der Waals surface area contributed by atoms with Crippen molar-refractivity contribution >= 4 is 28.4 Å². The number of carbonyl (C=O) groups excluding carboxylic acids is 1. The summed E-state index contributed by atoms with van der Waals surface area (Å²) in [6, 6.07) is 1.00. The van der Waals surface area contributed by atoms with Crippen LogP contribution in [0.25, 0.3) is 0 Å². The highest BCUT2D eigenvalue weighted by Gasteiger charge is 2.33. The van der Waals surface area contributed by atoms with E-state index >= 15 is 0 Å². The summed E-state index contributed by atoms with van der Waals surface area (Å²) >= 11 is 0. The fourth-order valence-electron chi connectivity index (χ4n) is 1.78. The van der Waals surface area contributed by atoms with Crippen molar-refractivity contribution in [2.75, 3.05) is 20.2 Å². The van der Waals surface area contributed by atoms with E-state index in [0.29, 0.717) is 13.0 Å². The third-order valence-corrected chi connectivity index (χ3v) is 4.51. The number of carbonyl (C=O) groups is 1. The molecule has 9 heteroatoms. The topological polar surface area (TPSA) is 103 Å². The predicted octanol–water partition coefficient (Wildman–Crippen LogP) is 0.210. The molecule has 0 amide bonds. The molecule has 0 bridgehead atoms. The molecule has 0 aliphatic carbocycles. The van der Waals surface area contributed by atoms with E-state index in [1.54, 1.807) is 0 Å². The number of furan rings is 1. The van der Waals surface area contributed by atoms with Crippen molar-refractivity contribution in [3.63, 3.8) is 0 Å². The van der Waals surface area contributed by atoms with Crippen LogP contribution in [0.2, 0.25) is 0 Å². The summed E-state index contributed by atoms with van der Waals surface area (Å²) < 4.78 is 34.9. The van der Waals surface area contributed by atoms with Crippen molar-refractivity contribution in [3.05, 3.63) is 17.9 Å². The van der Waals surface area contributed by atoms with Crippen molar-refractivity contribution in [1.82, 2.24) is 4.31 Å². The Labute approximate surface area is 117 Å². The second kappa shape index (κ2) is 5.91. The fraction of sp³-hybridized carbons (Fsp3) is 0.500. The molecule has 2 rings (SSSR count). The quantitative estimate of drug-likeness (QED) is 0.801. The van der Waals surface area contributed by atoms with Gasteiger partial charge in [0.05, 0.1) is 12.7 Å². The minimum atomic E-state index is -3.71. The molecule has 1 saturated heterocycles. The number of hydrogen-bond donors (Lipinski definition) is 1. The number of esters is 1. The molecule has 7 nitrogen and oxygen atoms in total. The number of halogens is 1. The second-order valence-electron chi connectivity index (χ2n) is 4.06. The van der Waals surface area contributed by atoms with Gasteiger partial charge >= 0.3 is 5.97 Å². The Kier molecular flexibility index (Phi) is 4.97. The van der Waals surface area contributed by atoms with E-state index in [4.69, 9.17) is 10.2 Å². The lowest BCUT2D eigenvalue weighted by atomic mass is 10.3. The largest absolute Gasteiger partial charge is 0.465 e. The van der Waals surface area contributed by atoms with Crippen LogP contribution >= 0.6 is 12.4 Å². The number of nitrogens with two attached hydrogens (primary N) is 1. The Morgan fingerprint density at radius 2 is 2.26 bits per heavy atom. The zero-order valence-corrected chi connectivity index (χ0v) is 11.9. The van der Waals surface area contributed by atoms with Crippen molar-refractivity contribution in [3.8, 4) is 0 Å². The summed E-state index contributed by atoms with van der Waals surface area (Å²) in [5.41, 5.74) is 5.73. The lowest BCUT2D eigenvalue weighted by molar-refractivity contribution is 0.0600. The van der Waals surface area contributed by atoms with Gasteiger partial charge in [-0.15, -0.1) is 12.4 Å². The zero-order valence-electron chi connectivity index (χ0n) is 10.2. The van der Waals surface area contributed by atoms with Crippen LogP contribution in [0.3, 0.4) is 0 Å². The molecule has 0 spiro atoms. The smallest absolute Gasteiger partial charge is 0.341 e. The highest BCUT2D eigenvalue weighted by molar-refractivity contribution is 7.89. The Morgan fingerprint density at radius 1 is 1.58 bits per heavy atom. The first-order chi connectivity index (χ1) is 8.45. The van der Waals surface area contributed by atoms with Crippen LogP contribution in [-0.4, -0.2) is 44.9 Å². The van der Waals surface area contributed by atoms with Crippen molar-refractivity contribution in [1.29, 1.82) is 0 Å². The average Bonchev–Trinajstić information content (AvgIpc) is 2.96. The Morgan fingerprint density at radius 3 is 2.79 bits per heavy atom. The number of rotatable bonds is 3. The molecule has 1 aliphatic rings. The van der Waals surface area contributed by atoms with E-state index in [1.165, 1.54) is 11.4 Å². The molecule has 108 valence electrons. The molecule has 19 heavy (non-hydrogen) atoms. The average molecular weight is 311 g/mol. The first-order valence-electron chi connectivity index (χ1n) is 5.37. The van der Waals surface area contributed by atoms with E-state index in [-0.39, 0.29) is 35.6 Å². The first-order valence-corrected chi connectivity index (χ1v) is 6.81. The first kappa shape index (κ1) is 16.0. The van der Waals surface area contributed by atoms with Gasteiger partial charge in [0, 0.05) is 25.2 Å². The lowest BCUT2D eigenvalue weighted by Crippen LogP contribution is -2.31. The minimum Gasteiger partial charge on any atom is -0.465 e. The van der Waals surface area contributed by atoms with Gasteiger partial charge in [0.15, 0.2) is 0 Å². The normalized spacial score (nSPS) is 20.0. The number of methoxy groups -OCH3 is 1. The molecule has 0 unspecified atom stereocenters. The number of hydrogen-bond acceptors (Lipinski definition) is 6. The fourth-order valence-corrected chi connectivity index (χ4v) is 3.21. The summed E-state index contributed by atoms with van der Waals surface area (Å²) in [4.78, 5) is 11.2. The van der Waals surface area contributed by atoms with Crippen LogP contribution in [0.1, 0.15) is 16.8 Å². The molecule has 1 aromatic heterocycles. The highest BCUT2D eigenvalue weighted by atomic mass is 35.5. The maximum atomic E-state index is 12.1. The van der Waals surface area contributed by atoms with Crippen molar-refractivity contribution < 1.29 is 22.4 Å². The van der Waals surface area contributed by atoms with Gasteiger partial charge in [-0.3, -0.25) is 0 Å². The summed E-state index contributed by atoms with van der Waals surface area (Å²) in [5.74, 6) is -0.640. The van der Waals surface area contributed by atoms with Crippen LogP contribution in [0.15, 0.2) is 21.8 Å². The van der Waals surface area contributed by atoms with Crippen LogP contribution < -0.4 is 5.73 Å². The summed E-state index contributed by atoms with van der Waals surface area (Å²) in [6.07, 6.45) is 1.68. The highest BCUT2D eigenvalue weighted by Crippen LogP contribution is 2.22. The van der Waals surface area contributed by atoms with Crippen LogP contribution in [-0.2, 0) is 14.8 Å². The lowest BCUT2D eigenvalue weighted by Gasteiger charge is -2.13. The monoisotopic (exact) mass is 310 g/mol. The number of sulfonamides is 1. The van der Waals surface area contributed by atoms with E-state index in [9.17, 15) is 13.2 Å². The minimum absolute atomic E-state index is 0. The standard InChI is InChI=1S/C10H14N2O5S.ClH/c1-16-10(13)7-4-9(17-6-7)18(14,15)12-3-2-8(11)5-12;/h4,6,8H,2-3,5,11H2,1H3;1H/t8-;/m1./s1. The maximum Gasteiger partial charge on any atom is 0.341 e. The maximum absolute atomic E-state index is 12.1. The summed E-state index contributed by atoms with van der Waals surface area (Å²) in [7, 11) is -2.50. The molecule has 1 fully saturated rings. The third-order valence-electron chi connectivity index (χ3n) is 2.78. The molecular weight excluding hydrogens is 296 g/mol. The summed E-state index contributed by atoms with van der Waals surface area (Å²) in [5, 5.41) is -0.267. The second-order valence-corrected chi connectivity index (χ2v) is 5.93. The van der Waals surface area contributed by atoms with E-state index in [0.717, 1.165) is 12.3 Å². The van der Waals surface area contributed by atoms with E-state index < -0.39 is 16.0 Å². The SMILES string of the molecule is COC(=O)c1coc(S(=O)(=O)N2CC[C@@H](N)C2)c1.Cl. The van der Waals surface area contributed by atoms with Gasteiger partial charge in [-0.2, -0.15) is 4.31 Å². The number of ether oxygens (including phenoxy) is 1. The molecular formula is C10H15ClN2O5S. The number of nitrogens with zero attached hydrogens (tertiary/aromatic N) is 1. The Balaban J connectivity index is 0.00000180. The molecule has 0 saturated carbocycles. The molecule has 0 radical (unpaired) electrons. The molecule has 1 aliphatic heterocycles. The zero-order chi connectivity index (χ0) is 13.3. The van der Waals surface area contributed by atoms with E-state index in [2.05, 4.69) is 4.74 Å². The predicted molar refractivity (Wildman–Crippen MR) is 68.6 cm³/mol. The van der Waals surface area contributed by atoms with Gasteiger partial charge in [0.1, 0.15) is 6.26 Å². The van der Waals surface area contributed by atoms with Crippen LogP contribution in [0.4, 0.5) is 0 Å². The van der Waals surface area contributed by atoms with Gasteiger partial charge in [-0.25, -0.2) is 13.2 Å².